The van der Waals surface area contributed by atoms with Gasteiger partial charge in [-0.25, -0.2) is 0 Å². The maximum Gasteiger partial charge on any atom is 0.223 e. The number of hydrogen-bond acceptors (Lipinski definition) is 2. The van der Waals surface area contributed by atoms with Gasteiger partial charge in [0.1, 0.15) is 0 Å². The zero-order chi connectivity index (χ0) is 14.4. The van der Waals surface area contributed by atoms with E-state index in [9.17, 15) is 4.79 Å². The van der Waals surface area contributed by atoms with Gasteiger partial charge in [-0.3, -0.25) is 4.79 Å². The maximum atomic E-state index is 12.6. The summed E-state index contributed by atoms with van der Waals surface area (Å²) in [6, 6.07) is 0. The van der Waals surface area contributed by atoms with Gasteiger partial charge in [-0.2, -0.15) is 0 Å². The molecule has 0 spiro atoms. The summed E-state index contributed by atoms with van der Waals surface area (Å²) in [5.41, 5.74) is 6.14. The van der Waals surface area contributed by atoms with Gasteiger partial charge in [0.2, 0.25) is 5.91 Å². The normalized spacial score (nSPS) is 27.1. The Labute approximate surface area is 124 Å². The van der Waals surface area contributed by atoms with E-state index in [2.05, 4.69) is 11.8 Å². The molecule has 1 unspecified atom stereocenters. The first-order valence-corrected chi connectivity index (χ1v) is 8.67. The van der Waals surface area contributed by atoms with Crippen molar-refractivity contribution >= 4 is 5.91 Å². The van der Waals surface area contributed by atoms with Gasteiger partial charge >= 0.3 is 0 Å². The number of nitrogens with two attached hydrogens (primary N) is 1. The molecule has 2 fully saturated rings. The Morgan fingerprint density at radius 1 is 1.15 bits per heavy atom. The summed E-state index contributed by atoms with van der Waals surface area (Å²) >= 11 is 0. The molecule has 1 saturated carbocycles. The zero-order valence-corrected chi connectivity index (χ0v) is 13.2. The molecule has 0 aromatic carbocycles. The van der Waals surface area contributed by atoms with Crippen LogP contribution in [-0.4, -0.2) is 30.4 Å². The van der Waals surface area contributed by atoms with Crippen molar-refractivity contribution in [2.45, 2.75) is 71.1 Å². The monoisotopic (exact) mass is 280 g/mol. The Bertz CT molecular complexity index is 310. The molecule has 0 aromatic heterocycles. The molecule has 0 radical (unpaired) electrons. The average molecular weight is 280 g/mol. The standard InChI is InChI=1S/C17H32N2O/c1-2-15-7-6-11-19(12-8-15)16(20)13-17(14-18)9-4-3-5-10-17/h15H,2-14,18H2,1H3. The molecule has 1 saturated heterocycles. The molecule has 1 atom stereocenters. The summed E-state index contributed by atoms with van der Waals surface area (Å²) in [5, 5.41) is 0. The maximum absolute atomic E-state index is 12.6. The van der Waals surface area contributed by atoms with Crippen LogP contribution in [0.15, 0.2) is 0 Å². The molecule has 0 aromatic rings. The van der Waals surface area contributed by atoms with Crippen LogP contribution in [0, 0.1) is 11.3 Å². The molecule has 3 nitrogen and oxygen atoms in total. The van der Waals surface area contributed by atoms with Crippen LogP contribution in [0.1, 0.15) is 71.1 Å². The van der Waals surface area contributed by atoms with E-state index in [1.54, 1.807) is 0 Å². The number of hydrogen-bond donors (Lipinski definition) is 1. The lowest BCUT2D eigenvalue weighted by Crippen LogP contribution is -2.41. The Morgan fingerprint density at radius 3 is 2.55 bits per heavy atom. The zero-order valence-electron chi connectivity index (χ0n) is 13.2. The van der Waals surface area contributed by atoms with Crippen LogP contribution >= 0.6 is 0 Å². The van der Waals surface area contributed by atoms with Crippen molar-refractivity contribution < 1.29 is 4.79 Å². The Kier molecular flexibility index (Phi) is 5.88. The fourth-order valence-corrected chi connectivity index (χ4v) is 4.01. The topological polar surface area (TPSA) is 46.3 Å². The number of amides is 1. The van der Waals surface area contributed by atoms with Crippen LogP contribution in [-0.2, 0) is 4.79 Å². The third-order valence-corrected chi connectivity index (χ3v) is 5.65. The number of carbonyl (C=O) groups is 1. The van der Waals surface area contributed by atoms with Crippen LogP contribution in [0.25, 0.3) is 0 Å². The van der Waals surface area contributed by atoms with Crippen LogP contribution in [0.4, 0.5) is 0 Å². The van der Waals surface area contributed by atoms with Crippen molar-refractivity contribution in [1.82, 2.24) is 4.90 Å². The van der Waals surface area contributed by atoms with Crippen molar-refractivity contribution in [2.24, 2.45) is 17.1 Å². The lowest BCUT2D eigenvalue weighted by Gasteiger charge is -2.37. The van der Waals surface area contributed by atoms with Gasteiger partial charge in [0.25, 0.3) is 0 Å². The summed E-state index contributed by atoms with van der Waals surface area (Å²) in [6.45, 7) is 4.89. The van der Waals surface area contributed by atoms with Gasteiger partial charge in [0.15, 0.2) is 0 Å². The third kappa shape index (κ3) is 3.97. The minimum absolute atomic E-state index is 0.117. The Hall–Kier alpha value is -0.570. The molecule has 20 heavy (non-hydrogen) atoms. The van der Waals surface area contributed by atoms with Gasteiger partial charge in [-0.1, -0.05) is 32.6 Å². The molecule has 2 rings (SSSR count). The van der Waals surface area contributed by atoms with E-state index in [0.29, 0.717) is 18.9 Å². The molecular formula is C17H32N2O. The lowest BCUT2D eigenvalue weighted by atomic mass is 9.71. The largest absolute Gasteiger partial charge is 0.343 e. The van der Waals surface area contributed by atoms with E-state index in [-0.39, 0.29) is 5.41 Å². The third-order valence-electron chi connectivity index (χ3n) is 5.65. The molecule has 116 valence electrons. The van der Waals surface area contributed by atoms with Gasteiger partial charge < -0.3 is 10.6 Å². The highest BCUT2D eigenvalue weighted by Gasteiger charge is 2.34. The molecular weight excluding hydrogens is 248 g/mol. The highest BCUT2D eigenvalue weighted by Crippen LogP contribution is 2.39. The predicted octanol–water partition coefficient (Wildman–Crippen LogP) is 3.32. The summed E-state index contributed by atoms with van der Waals surface area (Å²) in [6.07, 6.45) is 11.7. The van der Waals surface area contributed by atoms with E-state index in [1.807, 2.05) is 0 Å². The van der Waals surface area contributed by atoms with Crippen molar-refractivity contribution in [1.29, 1.82) is 0 Å². The summed E-state index contributed by atoms with van der Waals surface area (Å²) in [7, 11) is 0. The first-order valence-electron chi connectivity index (χ1n) is 8.67. The number of rotatable bonds is 4. The van der Waals surface area contributed by atoms with E-state index in [1.165, 1.54) is 44.9 Å². The quantitative estimate of drug-likeness (QED) is 0.858. The highest BCUT2D eigenvalue weighted by molar-refractivity contribution is 5.77. The van der Waals surface area contributed by atoms with E-state index in [4.69, 9.17) is 5.73 Å². The molecule has 1 heterocycles. The second kappa shape index (κ2) is 7.44. The second-order valence-electron chi connectivity index (χ2n) is 7.03. The molecule has 1 aliphatic carbocycles. The molecule has 1 aliphatic heterocycles. The van der Waals surface area contributed by atoms with Crippen LogP contribution < -0.4 is 5.73 Å². The smallest absolute Gasteiger partial charge is 0.223 e. The SMILES string of the molecule is CCC1CCCN(C(=O)CC2(CN)CCCCC2)CC1. The summed E-state index contributed by atoms with van der Waals surface area (Å²) in [5.74, 6) is 1.19. The summed E-state index contributed by atoms with van der Waals surface area (Å²) < 4.78 is 0. The first-order chi connectivity index (χ1) is 9.69. The van der Waals surface area contributed by atoms with Gasteiger partial charge in [0.05, 0.1) is 0 Å². The van der Waals surface area contributed by atoms with Crippen LogP contribution in [0.2, 0.25) is 0 Å². The number of likely N-dealkylation sites (tertiary alicyclic amines) is 1. The van der Waals surface area contributed by atoms with Crippen LogP contribution in [0.3, 0.4) is 0 Å². The molecule has 2 N–H and O–H groups in total. The molecule has 1 amide bonds. The van der Waals surface area contributed by atoms with E-state index in [0.717, 1.165) is 31.8 Å². The van der Waals surface area contributed by atoms with Gasteiger partial charge in [0, 0.05) is 19.5 Å². The number of carbonyl (C=O) groups excluding carboxylic acids is 1. The Morgan fingerprint density at radius 2 is 1.90 bits per heavy atom. The van der Waals surface area contributed by atoms with Gasteiger partial charge in [-0.05, 0) is 50.0 Å². The first kappa shape index (κ1) is 15.8. The van der Waals surface area contributed by atoms with Crippen molar-refractivity contribution in [2.75, 3.05) is 19.6 Å². The van der Waals surface area contributed by atoms with E-state index < -0.39 is 0 Å². The predicted molar refractivity (Wildman–Crippen MR) is 83.4 cm³/mol. The Balaban J connectivity index is 1.89. The van der Waals surface area contributed by atoms with Crippen molar-refractivity contribution in [3.05, 3.63) is 0 Å². The molecule has 2 aliphatic rings. The minimum Gasteiger partial charge on any atom is -0.343 e. The van der Waals surface area contributed by atoms with Crippen LogP contribution in [0.5, 0.6) is 0 Å². The highest BCUT2D eigenvalue weighted by atomic mass is 16.2. The molecule has 0 bridgehead atoms. The minimum atomic E-state index is 0.117. The van der Waals surface area contributed by atoms with Crippen molar-refractivity contribution in [3.63, 3.8) is 0 Å². The van der Waals surface area contributed by atoms with Gasteiger partial charge in [-0.15, -0.1) is 0 Å². The van der Waals surface area contributed by atoms with Crippen molar-refractivity contribution in [3.8, 4) is 0 Å². The van der Waals surface area contributed by atoms with E-state index >= 15 is 0 Å². The average Bonchev–Trinajstić information content (AvgIpc) is 2.73. The summed E-state index contributed by atoms with van der Waals surface area (Å²) in [4.78, 5) is 14.8. The molecule has 3 heteroatoms. The second-order valence-corrected chi connectivity index (χ2v) is 7.03. The fourth-order valence-electron chi connectivity index (χ4n) is 4.01. The fraction of sp³-hybridized carbons (Fsp3) is 0.941. The lowest BCUT2D eigenvalue weighted by molar-refractivity contribution is -0.134. The number of nitrogens with zero attached hydrogens (tertiary/aromatic N) is 1.